The van der Waals surface area contributed by atoms with E-state index in [0.29, 0.717) is 35.5 Å². The molecular formula is C24H32N2O5S. The first kappa shape index (κ1) is 23.9. The maximum atomic E-state index is 5.89. The molecule has 2 aromatic rings. The highest BCUT2D eigenvalue weighted by molar-refractivity contribution is 7.80. The molecule has 2 aromatic carbocycles. The molecule has 32 heavy (non-hydrogen) atoms. The first-order valence-electron chi connectivity index (χ1n) is 10.6. The average Bonchev–Trinajstić information content (AvgIpc) is 3.32. The van der Waals surface area contributed by atoms with Gasteiger partial charge in [-0.2, -0.15) is 0 Å². The van der Waals surface area contributed by atoms with Gasteiger partial charge in [-0.05, 0) is 61.8 Å². The van der Waals surface area contributed by atoms with E-state index in [-0.39, 0.29) is 6.10 Å². The van der Waals surface area contributed by atoms with Gasteiger partial charge >= 0.3 is 0 Å². The van der Waals surface area contributed by atoms with Crippen molar-refractivity contribution in [3.63, 3.8) is 0 Å². The molecule has 8 heteroatoms. The number of hydrogen-bond acceptors (Lipinski definition) is 6. The Morgan fingerprint density at radius 1 is 1.03 bits per heavy atom. The Labute approximate surface area is 195 Å². The number of methoxy groups -OCH3 is 4. The van der Waals surface area contributed by atoms with Crippen LogP contribution >= 0.6 is 12.2 Å². The summed E-state index contributed by atoms with van der Waals surface area (Å²) >= 11 is 5.83. The van der Waals surface area contributed by atoms with Gasteiger partial charge in [0.1, 0.15) is 5.75 Å². The number of aryl methyl sites for hydroxylation is 1. The Hall–Kier alpha value is -2.71. The highest BCUT2D eigenvalue weighted by Crippen LogP contribution is 2.40. The molecule has 0 aliphatic carbocycles. The van der Waals surface area contributed by atoms with E-state index in [2.05, 4.69) is 10.2 Å². The number of hydrogen-bond donors (Lipinski definition) is 1. The van der Waals surface area contributed by atoms with Gasteiger partial charge in [-0.3, -0.25) is 0 Å². The Balaban J connectivity index is 1.89. The smallest absolute Gasteiger partial charge is 0.203 e. The van der Waals surface area contributed by atoms with Crippen LogP contribution in [0.1, 0.15) is 24.0 Å². The van der Waals surface area contributed by atoms with Gasteiger partial charge in [-0.15, -0.1) is 0 Å². The van der Waals surface area contributed by atoms with Gasteiger partial charge in [-0.25, -0.2) is 0 Å². The number of ether oxygens (including phenoxy) is 5. The zero-order chi connectivity index (χ0) is 23.1. The first-order valence-corrected chi connectivity index (χ1v) is 11.0. The lowest BCUT2D eigenvalue weighted by atomic mass is 10.1. The van der Waals surface area contributed by atoms with Crippen molar-refractivity contribution in [2.45, 2.75) is 32.4 Å². The van der Waals surface area contributed by atoms with Crippen molar-refractivity contribution in [1.82, 2.24) is 4.90 Å². The van der Waals surface area contributed by atoms with E-state index in [9.17, 15) is 0 Å². The molecule has 1 heterocycles. The molecule has 0 amide bonds. The average molecular weight is 461 g/mol. The van der Waals surface area contributed by atoms with E-state index in [1.165, 1.54) is 0 Å². The van der Waals surface area contributed by atoms with Crippen molar-refractivity contribution < 1.29 is 23.7 Å². The number of benzene rings is 2. The Bertz CT molecular complexity index is 931. The summed E-state index contributed by atoms with van der Waals surface area (Å²) in [4.78, 5) is 2.09. The van der Waals surface area contributed by atoms with Crippen LogP contribution in [0.3, 0.4) is 0 Å². The topological polar surface area (TPSA) is 61.4 Å². The Morgan fingerprint density at radius 2 is 1.78 bits per heavy atom. The fourth-order valence-corrected chi connectivity index (χ4v) is 4.09. The number of nitrogens with zero attached hydrogens (tertiary/aromatic N) is 1. The predicted octanol–water partition coefficient (Wildman–Crippen LogP) is 4.41. The molecule has 0 bridgehead atoms. The third-order valence-electron chi connectivity index (χ3n) is 5.48. The van der Waals surface area contributed by atoms with E-state index in [0.717, 1.165) is 42.0 Å². The highest BCUT2D eigenvalue weighted by atomic mass is 32.1. The second kappa shape index (κ2) is 11.2. The Morgan fingerprint density at radius 3 is 2.41 bits per heavy atom. The van der Waals surface area contributed by atoms with Crippen LogP contribution in [-0.2, 0) is 11.3 Å². The zero-order valence-corrected chi connectivity index (χ0v) is 20.2. The SMILES string of the molecule is COc1cc(C)ccc1NC(=S)N(Cc1ccc(OC)c(OC)c1OC)CC1CCCO1. The van der Waals surface area contributed by atoms with Crippen LogP contribution in [0.25, 0.3) is 0 Å². The van der Waals surface area contributed by atoms with Crippen LogP contribution in [0.15, 0.2) is 30.3 Å². The molecule has 174 valence electrons. The monoisotopic (exact) mass is 460 g/mol. The fourth-order valence-electron chi connectivity index (χ4n) is 3.84. The normalized spacial score (nSPS) is 15.2. The fraction of sp³-hybridized carbons (Fsp3) is 0.458. The third-order valence-corrected chi connectivity index (χ3v) is 5.84. The summed E-state index contributed by atoms with van der Waals surface area (Å²) in [5.74, 6) is 2.54. The molecule has 3 rings (SSSR count). The standard InChI is InChI=1S/C24H32N2O5S/c1-16-8-10-19(21(13-16)28-3)25-24(32)26(15-18-7-6-12-31-18)14-17-9-11-20(27-2)23(30-5)22(17)29-4/h8-11,13,18H,6-7,12,14-15H2,1-5H3,(H,25,32). The summed E-state index contributed by atoms with van der Waals surface area (Å²) in [6, 6.07) is 9.82. The quantitative estimate of drug-likeness (QED) is 0.553. The summed E-state index contributed by atoms with van der Waals surface area (Å²) in [5, 5.41) is 3.93. The summed E-state index contributed by atoms with van der Waals surface area (Å²) in [6.07, 6.45) is 2.20. The first-order chi connectivity index (χ1) is 15.5. The van der Waals surface area contributed by atoms with Crippen molar-refractivity contribution in [1.29, 1.82) is 0 Å². The molecule has 1 atom stereocenters. The minimum absolute atomic E-state index is 0.126. The highest BCUT2D eigenvalue weighted by Gasteiger charge is 2.24. The molecule has 0 radical (unpaired) electrons. The molecule has 0 spiro atoms. The minimum atomic E-state index is 0.126. The summed E-state index contributed by atoms with van der Waals surface area (Å²) < 4.78 is 28.1. The van der Waals surface area contributed by atoms with Crippen molar-refractivity contribution in [3.8, 4) is 23.0 Å². The maximum absolute atomic E-state index is 5.89. The number of rotatable bonds is 9. The van der Waals surface area contributed by atoms with Gasteiger partial charge in [0.15, 0.2) is 16.6 Å². The number of nitrogens with one attached hydrogen (secondary N) is 1. The molecule has 1 aliphatic rings. The molecule has 7 nitrogen and oxygen atoms in total. The van der Waals surface area contributed by atoms with Crippen molar-refractivity contribution >= 4 is 23.0 Å². The second-order valence-corrected chi connectivity index (χ2v) is 8.03. The second-order valence-electron chi connectivity index (χ2n) is 7.64. The van der Waals surface area contributed by atoms with Crippen LogP contribution in [0, 0.1) is 6.92 Å². The molecule has 1 unspecified atom stereocenters. The van der Waals surface area contributed by atoms with Crippen molar-refractivity contribution in [3.05, 3.63) is 41.5 Å². The van der Waals surface area contributed by atoms with Crippen LogP contribution in [0.2, 0.25) is 0 Å². The predicted molar refractivity (Wildman–Crippen MR) is 129 cm³/mol. The van der Waals surface area contributed by atoms with E-state index in [4.69, 9.17) is 35.9 Å². The lowest BCUT2D eigenvalue weighted by Gasteiger charge is -2.29. The van der Waals surface area contributed by atoms with E-state index in [1.807, 2.05) is 37.3 Å². The molecule has 1 N–H and O–H groups in total. The van der Waals surface area contributed by atoms with Crippen LogP contribution < -0.4 is 24.3 Å². The van der Waals surface area contributed by atoms with Crippen LogP contribution in [0.5, 0.6) is 23.0 Å². The number of anilines is 1. The molecule has 1 fully saturated rings. The van der Waals surface area contributed by atoms with E-state index in [1.54, 1.807) is 28.4 Å². The van der Waals surface area contributed by atoms with Gasteiger partial charge in [0.05, 0.1) is 40.2 Å². The maximum Gasteiger partial charge on any atom is 0.203 e. The zero-order valence-electron chi connectivity index (χ0n) is 19.4. The van der Waals surface area contributed by atoms with E-state index >= 15 is 0 Å². The third kappa shape index (κ3) is 5.55. The van der Waals surface area contributed by atoms with Crippen LogP contribution in [-0.4, -0.2) is 57.7 Å². The van der Waals surface area contributed by atoms with Gasteiger partial charge in [0, 0.05) is 25.3 Å². The summed E-state index contributed by atoms with van der Waals surface area (Å²) in [5.41, 5.74) is 2.87. The van der Waals surface area contributed by atoms with Gasteiger partial charge in [0.25, 0.3) is 0 Å². The largest absolute Gasteiger partial charge is 0.495 e. The van der Waals surface area contributed by atoms with Gasteiger partial charge in [-0.1, -0.05) is 6.07 Å². The van der Waals surface area contributed by atoms with Crippen molar-refractivity contribution in [2.75, 3.05) is 46.9 Å². The van der Waals surface area contributed by atoms with Gasteiger partial charge in [0.2, 0.25) is 5.75 Å². The van der Waals surface area contributed by atoms with Crippen LogP contribution in [0.4, 0.5) is 5.69 Å². The lowest BCUT2D eigenvalue weighted by Crippen LogP contribution is -2.39. The Kier molecular flexibility index (Phi) is 8.41. The molecule has 0 aromatic heterocycles. The lowest BCUT2D eigenvalue weighted by molar-refractivity contribution is 0.0903. The molecule has 1 aliphatic heterocycles. The van der Waals surface area contributed by atoms with E-state index < -0.39 is 0 Å². The number of thiocarbonyl (C=S) groups is 1. The minimum Gasteiger partial charge on any atom is -0.495 e. The molecule has 0 saturated carbocycles. The molecule has 1 saturated heterocycles. The molecular weight excluding hydrogens is 428 g/mol. The summed E-state index contributed by atoms with van der Waals surface area (Å²) in [6.45, 7) is 3.99. The summed E-state index contributed by atoms with van der Waals surface area (Å²) in [7, 11) is 6.49. The van der Waals surface area contributed by atoms with Crippen molar-refractivity contribution in [2.24, 2.45) is 0 Å². The van der Waals surface area contributed by atoms with Gasteiger partial charge < -0.3 is 33.9 Å².